The highest BCUT2D eigenvalue weighted by Gasteiger charge is 2.28. The summed E-state index contributed by atoms with van der Waals surface area (Å²) in [6.07, 6.45) is 0.958. The summed E-state index contributed by atoms with van der Waals surface area (Å²) in [5, 5.41) is 0.176. The van der Waals surface area contributed by atoms with Crippen LogP contribution in [0.15, 0.2) is 30.3 Å². The lowest BCUT2D eigenvalue weighted by atomic mass is 9.83. The van der Waals surface area contributed by atoms with Gasteiger partial charge in [-0.15, -0.1) is 0 Å². The quantitative estimate of drug-likeness (QED) is 0.788. The van der Waals surface area contributed by atoms with Gasteiger partial charge in [-0.05, 0) is 47.5 Å². The van der Waals surface area contributed by atoms with Gasteiger partial charge in [-0.1, -0.05) is 23.7 Å². The molecular weight excluding hydrogens is 301 g/mol. The Bertz CT molecular complexity index is 746. The minimum Gasteiger partial charge on any atom is -0.493 e. The molecule has 2 aliphatic heterocycles. The predicted octanol–water partition coefficient (Wildman–Crippen LogP) is 3.99. The molecule has 2 nitrogen and oxygen atoms in total. The monoisotopic (exact) mass is 317 g/mol. The van der Waals surface area contributed by atoms with Crippen LogP contribution >= 0.6 is 11.6 Å². The van der Waals surface area contributed by atoms with Crippen LogP contribution in [0.25, 0.3) is 0 Å². The first-order valence-electron chi connectivity index (χ1n) is 7.54. The van der Waals surface area contributed by atoms with Crippen molar-refractivity contribution in [3.8, 4) is 5.75 Å². The number of rotatable bonds is 1. The Morgan fingerprint density at radius 3 is 2.91 bits per heavy atom. The summed E-state index contributed by atoms with van der Waals surface area (Å²) in [4.78, 5) is 2.26. The zero-order chi connectivity index (χ0) is 15.3. The molecule has 0 saturated heterocycles. The van der Waals surface area contributed by atoms with Gasteiger partial charge in [0.2, 0.25) is 0 Å². The molecule has 4 rings (SSSR count). The summed E-state index contributed by atoms with van der Waals surface area (Å²) >= 11 is 5.82. The van der Waals surface area contributed by atoms with Crippen molar-refractivity contribution in [3.05, 3.63) is 63.4 Å². The Hall–Kier alpha value is -1.58. The predicted molar refractivity (Wildman–Crippen MR) is 85.2 cm³/mol. The van der Waals surface area contributed by atoms with E-state index in [-0.39, 0.29) is 16.8 Å². The summed E-state index contributed by atoms with van der Waals surface area (Å²) in [5.41, 5.74) is 4.81. The highest BCUT2D eigenvalue weighted by Crippen LogP contribution is 2.39. The van der Waals surface area contributed by atoms with Gasteiger partial charge in [-0.25, -0.2) is 4.39 Å². The maximum absolute atomic E-state index is 13.9. The Morgan fingerprint density at radius 1 is 1.23 bits per heavy atom. The van der Waals surface area contributed by atoms with E-state index in [4.69, 9.17) is 16.3 Å². The van der Waals surface area contributed by atoms with E-state index in [0.29, 0.717) is 0 Å². The van der Waals surface area contributed by atoms with Gasteiger partial charge in [0.25, 0.3) is 0 Å². The van der Waals surface area contributed by atoms with Crippen LogP contribution in [-0.2, 0) is 13.0 Å². The van der Waals surface area contributed by atoms with Crippen molar-refractivity contribution in [3.63, 3.8) is 0 Å². The average molecular weight is 318 g/mol. The zero-order valence-corrected chi connectivity index (χ0v) is 13.2. The highest BCUT2D eigenvalue weighted by molar-refractivity contribution is 6.30. The first-order chi connectivity index (χ1) is 10.6. The van der Waals surface area contributed by atoms with E-state index in [1.54, 1.807) is 12.1 Å². The van der Waals surface area contributed by atoms with Gasteiger partial charge in [0.15, 0.2) is 0 Å². The second-order valence-corrected chi connectivity index (χ2v) is 6.59. The third-order valence-electron chi connectivity index (χ3n) is 4.61. The topological polar surface area (TPSA) is 12.5 Å². The van der Waals surface area contributed by atoms with Crippen molar-refractivity contribution in [2.24, 2.45) is 0 Å². The fraction of sp³-hybridized carbons (Fsp3) is 0.333. The number of nitrogens with zero attached hydrogens (tertiary/aromatic N) is 1. The molecule has 1 atom stereocenters. The molecule has 4 heteroatoms. The smallest absolute Gasteiger partial charge is 0.142 e. The largest absolute Gasteiger partial charge is 0.493 e. The van der Waals surface area contributed by atoms with Crippen LogP contribution < -0.4 is 4.74 Å². The molecule has 114 valence electrons. The summed E-state index contributed by atoms with van der Waals surface area (Å²) < 4.78 is 19.5. The van der Waals surface area contributed by atoms with Crippen LogP contribution in [-0.4, -0.2) is 25.1 Å². The summed E-state index contributed by atoms with van der Waals surface area (Å²) in [5.74, 6) is 0.833. The van der Waals surface area contributed by atoms with Crippen molar-refractivity contribution in [1.82, 2.24) is 4.90 Å². The van der Waals surface area contributed by atoms with Crippen LogP contribution in [0.3, 0.4) is 0 Å². The second-order valence-electron chi connectivity index (χ2n) is 6.18. The minimum absolute atomic E-state index is 0.173. The van der Waals surface area contributed by atoms with E-state index in [1.165, 1.54) is 16.7 Å². The molecule has 2 heterocycles. The lowest BCUT2D eigenvalue weighted by molar-refractivity contribution is 0.293. The van der Waals surface area contributed by atoms with Crippen molar-refractivity contribution >= 4 is 11.6 Å². The van der Waals surface area contributed by atoms with Crippen molar-refractivity contribution in [1.29, 1.82) is 0 Å². The highest BCUT2D eigenvalue weighted by atomic mass is 35.5. The molecule has 0 fully saturated rings. The van der Waals surface area contributed by atoms with Crippen molar-refractivity contribution in [2.75, 3.05) is 20.2 Å². The normalized spacial score (nSPS) is 20.4. The van der Waals surface area contributed by atoms with Gasteiger partial charge < -0.3 is 9.64 Å². The molecule has 0 aromatic heterocycles. The third-order valence-corrected chi connectivity index (χ3v) is 4.91. The molecule has 2 aromatic carbocycles. The number of benzene rings is 2. The molecular formula is C18H17ClFNO. The van der Waals surface area contributed by atoms with Gasteiger partial charge in [0.05, 0.1) is 11.6 Å². The number of fused-ring (bicyclic) bond motifs is 2. The molecule has 22 heavy (non-hydrogen) atoms. The van der Waals surface area contributed by atoms with E-state index in [9.17, 15) is 4.39 Å². The lowest BCUT2D eigenvalue weighted by Crippen LogP contribution is -2.31. The van der Waals surface area contributed by atoms with Crippen LogP contribution in [0.2, 0.25) is 5.02 Å². The lowest BCUT2D eigenvalue weighted by Gasteiger charge is -2.33. The average Bonchev–Trinajstić information content (AvgIpc) is 2.94. The van der Waals surface area contributed by atoms with Gasteiger partial charge in [-0.2, -0.15) is 0 Å². The Balaban J connectivity index is 1.82. The van der Waals surface area contributed by atoms with Crippen molar-refractivity contribution < 1.29 is 9.13 Å². The maximum Gasteiger partial charge on any atom is 0.142 e. The molecule has 0 saturated carbocycles. The number of ether oxygens (including phenoxy) is 1. The first-order valence-corrected chi connectivity index (χ1v) is 7.91. The van der Waals surface area contributed by atoms with Crippen molar-refractivity contribution in [2.45, 2.75) is 18.9 Å². The number of hydrogen-bond acceptors (Lipinski definition) is 2. The van der Waals surface area contributed by atoms with E-state index in [1.807, 2.05) is 6.07 Å². The zero-order valence-electron chi connectivity index (χ0n) is 12.4. The molecule has 0 amide bonds. The Morgan fingerprint density at radius 2 is 2.09 bits per heavy atom. The summed E-state index contributed by atoms with van der Waals surface area (Å²) in [6, 6.07) is 9.56. The molecule has 0 spiro atoms. The number of hydrogen-bond donors (Lipinski definition) is 0. The van der Waals surface area contributed by atoms with Crippen LogP contribution in [0.4, 0.5) is 4.39 Å². The second kappa shape index (κ2) is 5.25. The molecule has 1 unspecified atom stereocenters. The SMILES string of the molecule is CN1Cc2cc3c(cc2C(c2ccc(Cl)c(F)c2)C1)CCO3. The number of halogens is 2. The van der Waals surface area contributed by atoms with Crippen LogP contribution in [0.1, 0.15) is 28.2 Å². The first kappa shape index (κ1) is 14.0. The van der Waals surface area contributed by atoms with Crippen LogP contribution in [0, 0.1) is 5.82 Å². The fourth-order valence-electron chi connectivity index (χ4n) is 3.53. The van der Waals surface area contributed by atoms with E-state index in [2.05, 4.69) is 24.1 Å². The van der Waals surface area contributed by atoms with Gasteiger partial charge in [0.1, 0.15) is 11.6 Å². The molecule has 0 aliphatic carbocycles. The third kappa shape index (κ3) is 2.29. The van der Waals surface area contributed by atoms with Gasteiger partial charge in [0, 0.05) is 25.4 Å². The number of likely N-dealkylation sites (N-methyl/N-ethyl adjacent to an activating group) is 1. The Labute approximate surface area is 134 Å². The minimum atomic E-state index is -0.349. The van der Waals surface area contributed by atoms with Gasteiger partial charge >= 0.3 is 0 Å². The molecule has 0 radical (unpaired) electrons. The van der Waals surface area contributed by atoms with E-state index < -0.39 is 0 Å². The summed E-state index contributed by atoms with van der Waals surface area (Å²) in [7, 11) is 2.09. The van der Waals surface area contributed by atoms with E-state index in [0.717, 1.165) is 37.4 Å². The Kier molecular flexibility index (Phi) is 3.35. The van der Waals surface area contributed by atoms with Crippen LogP contribution in [0.5, 0.6) is 5.75 Å². The molecule has 0 N–H and O–H groups in total. The maximum atomic E-state index is 13.9. The molecule has 2 aliphatic rings. The van der Waals surface area contributed by atoms with E-state index >= 15 is 0 Å². The molecule has 0 bridgehead atoms. The summed E-state index contributed by atoms with van der Waals surface area (Å²) in [6.45, 7) is 2.54. The van der Waals surface area contributed by atoms with Gasteiger partial charge in [-0.3, -0.25) is 0 Å². The fourth-order valence-corrected chi connectivity index (χ4v) is 3.64. The standard InChI is InChI=1S/C18H17ClFNO/c1-21-9-13-8-18-12(4-5-22-18)6-14(13)15(10-21)11-2-3-16(19)17(20)7-11/h2-3,6-8,15H,4-5,9-10H2,1H3. The molecule has 2 aromatic rings.